The van der Waals surface area contributed by atoms with Crippen molar-refractivity contribution >= 4 is 52.6 Å². The smallest absolute Gasteiger partial charge is 0.348 e. The number of amides is 2. The quantitative estimate of drug-likeness (QED) is 0.196. The second-order valence-electron chi connectivity index (χ2n) is 5.14. The molecule has 0 aliphatic carbocycles. The minimum Gasteiger partial charge on any atom is -0.480 e. The number of benzene rings is 2. The summed E-state index contributed by atoms with van der Waals surface area (Å²) in [6.45, 7) is 0. The Hall–Kier alpha value is -1.97. The molecule has 1 N–H and O–H groups in total. The van der Waals surface area contributed by atoms with Gasteiger partial charge in [0.2, 0.25) is 5.90 Å². The van der Waals surface area contributed by atoms with Crippen LogP contribution in [0.3, 0.4) is 0 Å². The molecule has 0 fully saturated rings. The van der Waals surface area contributed by atoms with Gasteiger partial charge in [0.25, 0.3) is 0 Å². The van der Waals surface area contributed by atoms with Crippen LogP contribution in [0.1, 0.15) is 5.56 Å². The first-order chi connectivity index (χ1) is 13.1. The van der Waals surface area contributed by atoms with Crippen LogP contribution in [0.15, 0.2) is 52.4 Å². The lowest BCUT2D eigenvalue weighted by Gasteiger charge is -2.16. The van der Waals surface area contributed by atoms with E-state index in [4.69, 9.17) is 27.9 Å². The van der Waals surface area contributed by atoms with E-state index in [0.29, 0.717) is 0 Å². The summed E-state index contributed by atoms with van der Waals surface area (Å²) < 4.78 is 59.3. The van der Waals surface area contributed by atoms with Crippen molar-refractivity contribution < 1.29 is 27.1 Å². The molecule has 0 atom stereocenters. The van der Waals surface area contributed by atoms with Gasteiger partial charge in [-0.05, 0) is 48.2 Å². The Balaban J connectivity index is 2.13. The Bertz CT molecular complexity index is 860. The third-order valence-corrected chi connectivity index (χ3v) is 5.01. The van der Waals surface area contributed by atoms with E-state index in [2.05, 4.69) is 10.3 Å². The molecule has 0 aliphatic rings. The van der Waals surface area contributed by atoms with Crippen molar-refractivity contribution in [2.45, 2.75) is 15.0 Å². The highest BCUT2D eigenvalue weighted by atomic mass is 35.5. The van der Waals surface area contributed by atoms with E-state index in [9.17, 15) is 22.4 Å². The van der Waals surface area contributed by atoms with Gasteiger partial charge in [-0.2, -0.15) is 13.8 Å². The number of methoxy groups -OCH3 is 1. The second kappa shape index (κ2) is 9.49. The molecule has 0 heterocycles. The highest BCUT2D eigenvalue weighted by Crippen LogP contribution is 2.42. The maximum atomic E-state index is 13.8. The van der Waals surface area contributed by atoms with E-state index in [1.54, 1.807) is 0 Å². The van der Waals surface area contributed by atoms with Crippen LogP contribution in [0.4, 0.5) is 28.0 Å². The number of nitrogens with zero attached hydrogens (tertiary/aromatic N) is 1. The number of halogens is 6. The molecule has 0 aliphatic heterocycles. The van der Waals surface area contributed by atoms with Gasteiger partial charge >= 0.3 is 11.3 Å². The van der Waals surface area contributed by atoms with Gasteiger partial charge in [-0.1, -0.05) is 29.3 Å². The van der Waals surface area contributed by atoms with E-state index < -0.39 is 39.2 Å². The molecule has 28 heavy (non-hydrogen) atoms. The van der Waals surface area contributed by atoms with E-state index in [0.717, 1.165) is 25.3 Å². The van der Waals surface area contributed by atoms with E-state index in [-0.39, 0.29) is 22.3 Å². The molecule has 150 valence electrons. The number of carbonyl (C=O) groups is 1. The molecule has 2 aromatic carbocycles. The van der Waals surface area contributed by atoms with Crippen molar-refractivity contribution in [3.8, 4) is 0 Å². The summed E-state index contributed by atoms with van der Waals surface area (Å²) in [5.74, 6) is -2.46. The summed E-state index contributed by atoms with van der Waals surface area (Å²) in [6, 6.07) is 7.43. The maximum absolute atomic E-state index is 13.8. The van der Waals surface area contributed by atoms with Crippen molar-refractivity contribution in [2.75, 3.05) is 12.4 Å². The van der Waals surface area contributed by atoms with Gasteiger partial charge in [0, 0.05) is 10.6 Å². The lowest BCUT2D eigenvalue weighted by Crippen LogP contribution is -2.19. The second-order valence-corrected chi connectivity index (χ2v) is 7.45. The van der Waals surface area contributed by atoms with E-state index in [1.807, 2.05) is 0 Å². The fraction of sp³-hybridized carbons (Fsp3) is 0.176. The number of nitrogens with one attached hydrogen (secondary N) is 1. The van der Waals surface area contributed by atoms with E-state index in [1.165, 1.54) is 24.3 Å². The standard InChI is InChI=1S/C17H12Cl2F4N2O2S/c1-27-14(13-11(20)3-2-4-12(13)21)25-16(26)24-9-5-7-10(8-6-9)28-17(22,23)15(18)19/h2-8,15H,1H3,(H,24,26). The molecular weight excluding hydrogens is 443 g/mol. The monoisotopic (exact) mass is 454 g/mol. The number of thioether (sulfide) groups is 1. The van der Waals surface area contributed by atoms with Crippen LogP contribution in [0.25, 0.3) is 0 Å². The molecule has 2 aromatic rings. The fourth-order valence-electron chi connectivity index (χ4n) is 1.96. The van der Waals surface area contributed by atoms with Crippen molar-refractivity contribution in [3.05, 3.63) is 59.7 Å². The molecule has 0 saturated heterocycles. The summed E-state index contributed by atoms with van der Waals surface area (Å²) in [4.78, 5) is 13.8. The summed E-state index contributed by atoms with van der Waals surface area (Å²) in [5.41, 5.74) is -0.384. The maximum Gasteiger partial charge on any atom is 0.348 e. The van der Waals surface area contributed by atoms with Gasteiger partial charge in [-0.3, -0.25) is 0 Å². The molecule has 0 bridgehead atoms. The molecule has 2 amide bonds. The molecule has 0 saturated carbocycles. The zero-order chi connectivity index (χ0) is 20.9. The van der Waals surface area contributed by atoms with Crippen molar-refractivity contribution in [2.24, 2.45) is 4.99 Å². The van der Waals surface area contributed by atoms with Gasteiger partial charge in [0.05, 0.1) is 7.11 Å². The largest absolute Gasteiger partial charge is 0.480 e. The van der Waals surface area contributed by atoms with Crippen LogP contribution >= 0.6 is 35.0 Å². The van der Waals surface area contributed by atoms with Crippen LogP contribution in [0.5, 0.6) is 0 Å². The number of urea groups is 1. The molecule has 0 spiro atoms. The summed E-state index contributed by atoms with van der Waals surface area (Å²) >= 11 is 10.6. The van der Waals surface area contributed by atoms with Gasteiger partial charge in [-0.25, -0.2) is 13.6 Å². The Morgan fingerprint density at radius 3 is 2.21 bits per heavy atom. The third kappa shape index (κ3) is 5.76. The average Bonchev–Trinajstić information content (AvgIpc) is 2.62. The van der Waals surface area contributed by atoms with Crippen LogP contribution in [-0.4, -0.2) is 29.1 Å². The van der Waals surface area contributed by atoms with Gasteiger partial charge in [-0.15, -0.1) is 0 Å². The lowest BCUT2D eigenvalue weighted by molar-refractivity contribution is 0.122. The van der Waals surface area contributed by atoms with Gasteiger partial charge in [0.15, 0.2) is 4.84 Å². The number of rotatable bonds is 5. The van der Waals surface area contributed by atoms with E-state index >= 15 is 0 Å². The van der Waals surface area contributed by atoms with Crippen LogP contribution < -0.4 is 5.32 Å². The average molecular weight is 455 g/mol. The van der Waals surface area contributed by atoms with Crippen molar-refractivity contribution in [1.29, 1.82) is 0 Å². The third-order valence-electron chi connectivity index (χ3n) is 3.19. The first kappa shape index (κ1) is 22.3. The Labute approximate surface area is 171 Å². The highest BCUT2D eigenvalue weighted by Gasteiger charge is 2.38. The SMILES string of the molecule is COC(=NC(=O)Nc1ccc(SC(F)(F)C(Cl)Cl)cc1)c1c(F)cccc1F. The van der Waals surface area contributed by atoms with Crippen LogP contribution in [0.2, 0.25) is 0 Å². The lowest BCUT2D eigenvalue weighted by atomic mass is 10.2. The predicted octanol–water partition coefficient (Wildman–Crippen LogP) is 6.08. The molecular formula is C17H12Cl2F4N2O2S. The minimum absolute atomic E-state index is 0.156. The zero-order valence-electron chi connectivity index (χ0n) is 14.1. The minimum atomic E-state index is -3.39. The topological polar surface area (TPSA) is 50.7 Å². The fourth-order valence-corrected chi connectivity index (χ4v) is 2.90. The first-order valence-electron chi connectivity index (χ1n) is 7.47. The number of anilines is 1. The van der Waals surface area contributed by atoms with Gasteiger partial charge in [0.1, 0.15) is 17.2 Å². The predicted molar refractivity (Wildman–Crippen MR) is 102 cm³/mol. The summed E-state index contributed by atoms with van der Waals surface area (Å²) in [5, 5.41) is -1.07. The number of aliphatic imine (C=N–C) groups is 1. The molecule has 0 aromatic heterocycles. The summed E-state index contributed by atoms with van der Waals surface area (Å²) in [7, 11) is 1.10. The molecule has 4 nitrogen and oxygen atoms in total. The van der Waals surface area contributed by atoms with Crippen LogP contribution in [-0.2, 0) is 4.74 Å². The Kier molecular flexibility index (Phi) is 7.56. The normalized spacial score (nSPS) is 12.2. The molecule has 11 heteroatoms. The number of hydrogen-bond donors (Lipinski definition) is 1. The van der Waals surface area contributed by atoms with Gasteiger partial charge < -0.3 is 10.1 Å². The van der Waals surface area contributed by atoms with Crippen molar-refractivity contribution in [1.82, 2.24) is 0 Å². The number of hydrogen-bond acceptors (Lipinski definition) is 3. The van der Waals surface area contributed by atoms with Crippen molar-refractivity contribution in [3.63, 3.8) is 0 Å². The molecule has 0 unspecified atom stereocenters. The first-order valence-corrected chi connectivity index (χ1v) is 9.16. The number of carbonyl (C=O) groups excluding carboxylic acids is 1. The number of ether oxygens (including phenoxy) is 1. The highest BCUT2D eigenvalue weighted by molar-refractivity contribution is 8.00. The Morgan fingerprint density at radius 1 is 1.14 bits per heavy atom. The molecule has 2 rings (SSSR count). The Morgan fingerprint density at radius 2 is 1.71 bits per heavy atom. The number of alkyl halides is 4. The molecule has 0 radical (unpaired) electrons. The van der Waals surface area contributed by atoms with Crippen LogP contribution in [0, 0.1) is 11.6 Å². The summed E-state index contributed by atoms with van der Waals surface area (Å²) in [6.07, 6.45) is 0. The zero-order valence-corrected chi connectivity index (χ0v) is 16.4.